The van der Waals surface area contributed by atoms with Crippen LogP contribution in [0.25, 0.3) is 5.69 Å². The number of benzene rings is 3. The standard InChI is InChI=1S/C26H21ClN8O4/c27-17-7-9-22(35-14-29-33-34-35)20(11-17)31-25(38)26(39)32-21(10-15-4-2-1-3-5-15)24(37)30-18-8-6-16-13-28-23(36)19(16)12-18/h1-9,11-12,14,21H,10,13H2,(H,28,36)(H,30,37)(H,31,38)(H,32,39)/t21-/m0/s1. The Morgan fingerprint density at radius 2 is 1.82 bits per heavy atom. The van der Waals surface area contributed by atoms with E-state index in [1.807, 2.05) is 6.07 Å². The first-order chi connectivity index (χ1) is 18.9. The number of fused-ring (bicyclic) bond motifs is 1. The summed E-state index contributed by atoms with van der Waals surface area (Å²) in [5.74, 6) is -2.85. The highest BCUT2D eigenvalue weighted by molar-refractivity contribution is 6.40. The van der Waals surface area contributed by atoms with Crippen molar-refractivity contribution < 1.29 is 19.2 Å². The summed E-state index contributed by atoms with van der Waals surface area (Å²) in [7, 11) is 0. The SMILES string of the molecule is O=C(Nc1cc(Cl)ccc1-n1cnnn1)C(=O)N[C@@H](Cc1ccccc1)C(=O)Nc1ccc2c(c1)C(=O)NC2. The number of anilines is 2. The maximum Gasteiger partial charge on any atom is 0.313 e. The molecule has 0 radical (unpaired) electrons. The average molecular weight is 545 g/mol. The lowest BCUT2D eigenvalue weighted by atomic mass is 10.0. The summed E-state index contributed by atoms with van der Waals surface area (Å²) in [5.41, 5.74) is 3.02. The summed E-state index contributed by atoms with van der Waals surface area (Å²) in [4.78, 5) is 51.1. The van der Waals surface area contributed by atoms with Gasteiger partial charge in [0.2, 0.25) is 5.91 Å². The van der Waals surface area contributed by atoms with Crippen LogP contribution < -0.4 is 21.3 Å². The Labute approximate surface area is 226 Å². The second-order valence-electron chi connectivity index (χ2n) is 8.63. The first kappa shape index (κ1) is 25.5. The van der Waals surface area contributed by atoms with Gasteiger partial charge in [-0.25, -0.2) is 0 Å². The van der Waals surface area contributed by atoms with E-state index in [4.69, 9.17) is 11.6 Å². The van der Waals surface area contributed by atoms with E-state index in [1.54, 1.807) is 54.6 Å². The minimum Gasteiger partial charge on any atom is -0.348 e. The second kappa shape index (κ2) is 11.1. The van der Waals surface area contributed by atoms with E-state index in [2.05, 4.69) is 36.8 Å². The maximum absolute atomic E-state index is 13.3. The number of nitrogens with one attached hydrogen (secondary N) is 4. The zero-order chi connectivity index (χ0) is 27.4. The summed E-state index contributed by atoms with van der Waals surface area (Å²) in [6, 6.07) is 17.5. The lowest BCUT2D eigenvalue weighted by Crippen LogP contribution is -2.49. The molecule has 0 spiro atoms. The summed E-state index contributed by atoms with van der Waals surface area (Å²) >= 11 is 6.09. The van der Waals surface area contributed by atoms with E-state index < -0.39 is 23.8 Å². The molecule has 5 rings (SSSR count). The van der Waals surface area contributed by atoms with E-state index in [1.165, 1.54) is 17.1 Å². The summed E-state index contributed by atoms with van der Waals surface area (Å²) in [5, 5.41) is 21.7. The fourth-order valence-electron chi connectivity index (χ4n) is 4.06. The molecule has 1 aliphatic heterocycles. The first-order valence-electron chi connectivity index (χ1n) is 11.8. The lowest BCUT2D eigenvalue weighted by molar-refractivity contribution is -0.137. The molecular weight excluding hydrogens is 524 g/mol. The van der Waals surface area contributed by atoms with Crippen molar-refractivity contribution in [3.8, 4) is 5.69 Å². The molecule has 0 bridgehead atoms. The molecule has 0 saturated heterocycles. The van der Waals surface area contributed by atoms with Gasteiger partial charge in [0.1, 0.15) is 12.4 Å². The van der Waals surface area contributed by atoms with Gasteiger partial charge in [-0.3, -0.25) is 19.2 Å². The van der Waals surface area contributed by atoms with Crippen molar-refractivity contribution in [3.05, 3.63) is 94.8 Å². The summed E-state index contributed by atoms with van der Waals surface area (Å²) < 4.78 is 1.30. The van der Waals surface area contributed by atoms with Crippen LogP contribution in [0.4, 0.5) is 11.4 Å². The molecule has 1 aliphatic rings. The molecule has 1 aromatic heterocycles. The predicted molar refractivity (Wildman–Crippen MR) is 141 cm³/mol. The van der Waals surface area contributed by atoms with Crippen LogP contribution in [0.15, 0.2) is 73.1 Å². The largest absolute Gasteiger partial charge is 0.348 e. The number of aromatic nitrogens is 4. The number of halogens is 1. The Morgan fingerprint density at radius 3 is 2.59 bits per heavy atom. The van der Waals surface area contributed by atoms with Crippen molar-refractivity contribution >= 4 is 46.6 Å². The highest BCUT2D eigenvalue weighted by atomic mass is 35.5. The third-order valence-corrected chi connectivity index (χ3v) is 6.21. The Balaban J connectivity index is 1.33. The molecule has 13 heteroatoms. The molecule has 0 saturated carbocycles. The van der Waals surface area contributed by atoms with E-state index in [9.17, 15) is 19.2 Å². The van der Waals surface area contributed by atoms with Gasteiger partial charge < -0.3 is 21.3 Å². The van der Waals surface area contributed by atoms with Crippen LogP contribution in [0.5, 0.6) is 0 Å². The van der Waals surface area contributed by atoms with Gasteiger partial charge in [0.25, 0.3) is 5.91 Å². The third-order valence-electron chi connectivity index (χ3n) is 5.97. The zero-order valence-electron chi connectivity index (χ0n) is 20.2. The molecule has 12 nitrogen and oxygen atoms in total. The minimum atomic E-state index is -1.11. The van der Waals surface area contributed by atoms with E-state index in [-0.39, 0.29) is 18.0 Å². The lowest BCUT2D eigenvalue weighted by Gasteiger charge is -2.19. The molecule has 0 fully saturated rings. The van der Waals surface area contributed by atoms with Crippen molar-refractivity contribution in [3.63, 3.8) is 0 Å². The van der Waals surface area contributed by atoms with Crippen molar-refractivity contribution in [2.24, 2.45) is 0 Å². The zero-order valence-corrected chi connectivity index (χ0v) is 21.0. The van der Waals surface area contributed by atoms with Crippen LogP contribution in [-0.4, -0.2) is 49.9 Å². The summed E-state index contributed by atoms with van der Waals surface area (Å²) in [6.07, 6.45) is 1.44. The molecule has 0 aliphatic carbocycles. The van der Waals surface area contributed by atoms with Gasteiger partial charge in [0.15, 0.2) is 0 Å². The highest BCUT2D eigenvalue weighted by Gasteiger charge is 2.26. The van der Waals surface area contributed by atoms with Crippen molar-refractivity contribution in [1.82, 2.24) is 30.8 Å². The highest BCUT2D eigenvalue weighted by Crippen LogP contribution is 2.24. The second-order valence-corrected chi connectivity index (χ2v) is 9.07. The van der Waals surface area contributed by atoms with Gasteiger partial charge in [-0.05, 0) is 51.9 Å². The van der Waals surface area contributed by atoms with Crippen LogP contribution in [0.2, 0.25) is 5.02 Å². The van der Waals surface area contributed by atoms with Gasteiger partial charge in [0.05, 0.1) is 11.4 Å². The number of rotatable bonds is 7. The third kappa shape index (κ3) is 5.91. The number of tetrazole rings is 1. The molecule has 196 valence electrons. The quantitative estimate of drug-likeness (QED) is 0.258. The minimum absolute atomic E-state index is 0.115. The first-order valence-corrected chi connectivity index (χ1v) is 12.2. The fraction of sp³-hybridized carbons (Fsp3) is 0.115. The Bertz CT molecular complexity index is 1560. The number of carbonyl (C=O) groups excluding carboxylic acids is 4. The smallest absolute Gasteiger partial charge is 0.313 e. The molecule has 1 atom stereocenters. The number of hydrogen-bond donors (Lipinski definition) is 4. The van der Waals surface area contributed by atoms with E-state index >= 15 is 0 Å². The normalized spacial score (nSPS) is 12.7. The van der Waals surface area contributed by atoms with Crippen molar-refractivity contribution in [2.45, 2.75) is 19.0 Å². The predicted octanol–water partition coefficient (Wildman–Crippen LogP) is 1.86. The fourth-order valence-corrected chi connectivity index (χ4v) is 4.23. The van der Waals surface area contributed by atoms with Crippen molar-refractivity contribution in [2.75, 3.05) is 10.6 Å². The van der Waals surface area contributed by atoms with Gasteiger partial charge in [0, 0.05) is 29.2 Å². The van der Waals surface area contributed by atoms with Crippen molar-refractivity contribution in [1.29, 1.82) is 0 Å². The Hall–Kier alpha value is -5.10. The van der Waals surface area contributed by atoms with E-state index in [0.717, 1.165) is 11.1 Å². The number of carbonyl (C=O) groups is 4. The van der Waals surface area contributed by atoms with Crippen LogP contribution in [0, 0.1) is 0 Å². The Morgan fingerprint density at radius 1 is 1.00 bits per heavy atom. The number of hydrogen-bond acceptors (Lipinski definition) is 7. The van der Waals surface area contributed by atoms with Gasteiger partial charge in [-0.15, -0.1) is 5.10 Å². The molecule has 4 N–H and O–H groups in total. The van der Waals surface area contributed by atoms with Crippen LogP contribution in [-0.2, 0) is 27.3 Å². The van der Waals surface area contributed by atoms with E-state index in [0.29, 0.717) is 28.5 Å². The van der Waals surface area contributed by atoms with Crippen LogP contribution >= 0.6 is 11.6 Å². The van der Waals surface area contributed by atoms with Gasteiger partial charge >= 0.3 is 11.8 Å². The molecule has 4 amide bonds. The molecular formula is C26H21ClN8O4. The molecule has 39 heavy (non-hydrogen) atoms. The maximum atomic E-state index is 13.3. The van der Waals surface area contributed by atoms with Gasteiger partial charge in [-0.1, -0.05) is 48.0 Å². The average Bonchev–Trinajstić information content (AvgIpc) is 3.59. The van der Waals surface area contributed by atoms with Crippen LogP contribution in [0.3, 0.4) is 0 Å². The monoisotopic (exact) mass is 544 g/mol. The topological polar surface area (TPSA) is 160 Å². The Kier molecular flexibility index (Phi) is 7.28. The van der Waals surface area contributed by atoms with Gasteiger partial charge in [-0.2, -0.15) is 4.68 Å². The molecule has 0 unspecified atom stereocenters. The molecule has 4 aromatic rings. The molecule has 3 aromatic carbocycles. The summed E-state index contributed by atoms with van der Waals surface area (Å²) in [6.45, 7) is 0.423. The number of amides is 4. The number of nitrogens with zero attached hydrogens (tertiary/aromatic N) is 4. The molecule has 2 heterocycles. The van der Waals surface area contributed by atoms with Crippen LogP contribution in [0.1, 0.15) is 21.5 Å².